The molecule has 0 unspecified atom stereocenters. The Balaban J connectivity index is 1.85. The van der Waals surface area contributed by atoms with E-state index in [1.165, 1.54) is 5.56 Å². The number of rotatable bonds is 4. The predicted octanol–water partition coefficient (Wildman–Crippen LogP) is 3.35. The first-order chi connectivity index (χ1) is 8.26. The van der Waals surface area contributed by atoms with Crippen molar-refractivity contribution in [1.82, 2.24) is 5.32 Å². The molecule has 100 valence electrons. The molecule has 2 nitrogen and oxygen atoms in total. The fourth-order valence-electron chi connectivity index (χ4n) is 3.00. The van der Waals surface area contributed by atoms with Crippen molar-refractivity contribution in [2.75, 3.05) is 12.3 Å². The molecule has 0 bridgehead atoms. The molecule has 2 heteroatoms. The first kappa shape index (κ1) is 13.4. The SMILES string of the molecule is Cc1ccc(CNCC2C(C)(C)C2(C)C)cc1N. The molecular weight excluding hydrogens is 220 g/mol. The Labute approximate surface area is 111 Å². The van der Waals surface area contributed by atoms with Gasteiger partial charge in [0.1, 0.15) is 0 Å². The van der Waals surface area contributed by atoms with Crippen molar-refractivity contribution in [3.63, 3.8) is 0 Å². The summed E-state index contributed by atoms with van der Waals surface area (Å²) in [5, 5.41) is 3.57. The van der Waals surface area contributed by atoms with Gasteiger partial charge < -0.3 is 11.1 Å². The van der Waals surface area contributed by atoms with Crippen LogP contribution in [0.4, 0.5) is 5.69 Å². The number of hydrogen-bond donors (Lipinski definition) is 2. The third-order valence-electron chi connectivity index (χ3n) is 5.34. The molecule has 0 aliphatic heterocycles. The van der Waals surface area contributed by atoms with E-state index in [1.807, 2.05) is 6.92 Å². The van der Waals surface area contributed by atoms with Crippen LogP contribution in [0.1, 0.15) is 38.8 Å². The molecule has 1 aromatic rings. The highest BCUT2D eigenvalue weighted by Gasteiger charge is 2.63. The maximum absolute atomic E-state index is 5.92. The molecule has 0 radical (unpaired) electrons. The third kappa shape index (κ3) is 2.14. The van der Waals surface area contributed by atoms with Crippen molar-refractivity contribution in [3.05, 3.63) is 29.3 Å². The van der Waals surface area contributed by atoms with E-state index in [0.29, 0.717) is 10.8 Å². The van der Waals surface area contributed by atoms with E-state index in [-0.39, 0.29) is 0 Å². The van der Waals surface area contributed by atoms with Crippen molar-refractivity contribution in [1.29, 1.82) is 0 Å². The number of aryl methyl sites for hydroxylation is 1. The van der Waals surface area contributed by atoms with Gasteiger partial charge in [0.05, 0.1) is 0 Å². The lowest BCUT2D eigenvalue weighted by atomic mass is 10.0. The third-order valence-corrected chi connectivity index (χ3v) is 5.34. The van der Waals surface area contributed by atoms with Crippen molar-refractivity contribution in [2.24, 2.45) is 16.7 Å². The zero-order valence-electron chi connectivity index (χ0n) is 12.3. The molecule has 0 saturated heterocycles. The van der Waals surface area contributed by atoms with Gasteiger partial charge in [0.25, 0.3) is 0 Å². The molecule has 3 N–H and O–H groups in total. The van der Waals surface area contributed by atoms with Gasteiger partial charge in [-0.3, -0.25) is 0 Å². The molecule has 0 spiro atoms. The Hall–Kier alpha value is -1.02. The molecule has 1 fully saturated rings. The fraction of sp³-hybridized carbons (Fsp3) is 0.625. The average molecular weight is 246 g/mol. The minimum absolute atomic E-state index is 0.465. The standard InChI is InChI=1S/C16H26N2/c1-11-6-7-12(8-13(11)17)9-18-10-14-15(2,3)16(14,4)5/h6-8,14,18H,9-10,17H2,1-5H3. The second kappa shape index (κ2) is 4.27. The molecule has 18 heavy (non-hydrogen) atoms. The van der Waals surface area contributed by atoms with E-state index >= 15 is 0 Å². The summed E-state index contributed by atoms with van der Waals surface area (Å²) in [5.74, 6) is 0.771. The molecule has 1 saturated carbocycles. The fourth-order valence-corrected chi connectivity index (χ4v) is 3.00. The molecule has 1 aliphatic rings. The topological polar surface area (TPSA) is 38.0 Å². The van der Waals surface area contributed by atoms with Crippen LogP contribution in [0.15, 0.2) is 18.2 Å². The molecule has 0 amide bonds. The maximum atomic E-state index is 5.92. The van der Waals surface area contributed by atoms with Crippen LogP contribution in [0, 0.1) is 23.7 Å². The quantitative estimate of drug-likeness (QED) is 0.800. The average Bonchev–Trinajstić information content (AvgIpc) is 2.65. The monoisotopic (exact) mass is 246 g/mol. The smallest absolute Gasteiger partial charge is 0.0346 e. The van der Waals surface area contributed by atoms with Gasteiger partial charge in [-0.05, 0) is 47.4 Å². The summed E-state index contributed by atoms with van der Waals surface area (Å²) in [7, 11) is 0. The molecule has 1 aromatic carbocycles. The summed E-state index contributed by atoms with van der Waals surface area (Å²) < 4.78 is 0. The molecule has 2 rings (SSSR count). The first-order valence-corrected chi connectivity index (χ1v) is 6.82. The van der Waals surface area contributed by atoms with Gasteiger partial charge in [-0.25, -0.2) is 0 Å². The molecule has 0 atom stereocenters. The van der Waals surface area contributed by atoms with Crippen LogP contribution in [-0.4, -0.2) is 6.54 Å². The Bertz CT molecular complexity index is 432. The largest absolute Gasteiger partial charge is 0.399 e. The van der Waals surface area contributed by atoms with Gasteiger partial charge >= 0.3 is 0 Å². The summed E-state index contributed by atoms with van der Waals surface area (Å²) in [6.07, 6.45) is 0. The Morgan fingerprint density at radius 2 is 1.78 bits per heavy atom. The zero-order valence-corrected chi connectivity index (χ0v) is 12.3. The van der Waals surface area contributed by atoms with Crippen LogP contribution < -0.4 is 11.1 Å². The molecular formula is C16H26N2. The van der Waals surface area contributed by atoms with Crippen LogP contribution in [0.5, 0.6) is 0 Å². The second-order valence-corrected chi connectivity index (χ2v) is 6.82. The molecule has 0 aromatic heterocycles. The van der Waals surface area contributed by atoms with Gasteiger partial charge in [-0.15, -0.1) is 0 Å². The number of nitrogen functional groups attached to an aromatic ring is 1. The van der Waals surface area contributed by atoms with E-state index in [9.17, 15) is 0 Å². The highest BCUT2D eigenvalue weighted by atomic mass is 14.9. The Morgan fingerprint density at radius 3 is 2.28 bits per heavy atom. The minimum atomic E-state index is 0.465. The van der Waals surface area contributed by atoms with Gasteiger partial charge in [-0.2, -0.15) is 0 Å². The van der Waals surface area contributed by atoms with Crippen molar-refractivity contribution in [2.45, 2.75) is 41.2 Å². The van der Waals surface area contributed by atoms with E-state index in [1.54, 1.807) is 0 Å². The van der Waals surface area contributed by atoms with E-state index < -0.39 is 0 Å². The van der Waals surface area contributed by atoms with Crippen LogP contribution in [0.2, 0.25) is 0 Å². The van der Waals surface area contributed by atoms with Crippen molar-refractivity contribution >= 4 is 5.69 Å². The van der Waals surface area contributed by atoms with E-state index in [2.05, 4.69) is 51.2 Å². The molecule has 0 heterocycles. The molecule has 1 aliphatic carbocycles. The highest BCUT2D eigenvalue weighted by Crippen LogP contribution is 2.67. The lowest BCUT2D eigenvalue weighted by molar-refractivity contribution is 0.457. The predicted molar refractivity (Wildman–Crippen MR) is 78.4 cm³/mol. The minimum Gasteiger partial charge on any atom is -0.399 e. The summed E-state index contributed by atoms with van der Waals surface area (Å²) in [6.45, 7) is 13.5. The Kier molecular flexibility index (Phi) is 3.18. The van der Waals surface area contributed by atoms with Gasteiger partial charge in [0, 0.05) is 12.2 Å². The maximum Gasteiger partial charge on any atom is 0.0346 e. The van der Waals surface area contributed by atoms with Crippen molar-refractivity contribution < 1.29 is 0 Å². The highest BCUT2D eigenvalue weighted by molar-refractivity contribution is 5.48. The van der Waals surface area contributed by atoms with Crippen LogP contribution in [-0.2, 0) is 6.54 Å². The number of hydrogen-bond acceptors (Lipinski definition) is 2. The van der Waals surface area contributed by atoms with E-state index in [0.717, 1.165) is 30.3 Å². The number of nitrogens with one attached hydrogen (secondary N) is 1. The van der Waals surface area contributed by atoms with Gasteiger partial charge in [0.2, 0.25) is 0 Å². The van der Waals surface area contributed by atoms with Crippen LogP contribution in [0.25, 0.3) is 0 Å². The lowest BCUT2D eigenvalue weighted by Crippen LogP contribution is -2.19. The number of nitrogens with two attached hydrogens (primary N) is 1. The van der Waals surface area contributed by atoms with Crippen molar-refractivity contribution in [3.8, 4) is 0 Å². The summed E-state index contributed by atoms with van der Waals surface area (Å²) in [5.41, 5.74) is 10.2. The number of anilines is 1. The number of benzene rings is 1. The van der Waals surface area contributed by atoms with Gasteiger partial charge in [0.15, 0.2) is 0 Å². The summed E-state index contributed by atoms with van der Waals surface area (Å²) in [6, 6.07) is 6.32. The van der Waals surface area contributed by atoms with Gasteiger partial charge in [-0.1, -0.05) is 39.8 Å². The van der Waals surface area contributed by atoms with Crippen LogP contribution in [0.3, 0.4) is 0 Å². The lowest BCUT2D eigenvalue weighted by Gasteiger charge is -2.08. The normalized spacial score (nSPS) is 20.9. The summed E-state index contributed by atoms with van der Waals surface area (Å²) >= 11 is 0. The first-order valence-electron chi connectivity index (χ1n) is 6.82. The zero-order chi connectivity index (χ0) is 13.6. The Morgan fingerprint density at radius 1 is 1.17 bits per heavy atom. The second-order valence-electron chi connectivity index (χ2n) is 6.82. The van der Waals surface area contributed by atoms with Crippen LogP contribution >= 0.6 is 0 Å². The summed E-state index contributed by atoms with van der Waals surface area (Å²) in [4.78, 5) is 0. The van der Waals surface area contributed by atoms with E-state index in [4.69, 9.17) is 5.73 Å².